The molecule has 0 spiro atoms. The molecule has 0 aromatic carbocycles. The fourth-order valence-corrected chi connectivity index (χ4v) is 0.695. The largest absolute Gasteiger partial charge is 0.479 e. The lowest BCUT2D eigenvalue weighted by Gasteiger charge is -2.26. The summed E-state index contributed by atoms with van der Waals surface area (Å²) < 4.78 is 4.60. The Hall–Kier alpha value is -0.610. The van der Waals surface area contributed by atoms with Gasteiger partial charge in [0, 0.05) is 7.11 Å². The number of carbonyl (C=O) groups is 1. The van der Waals surface area contributed by atoms with Gasteiger partial charge in [0.05, 0.1) is 6.61 Å². The summed E-state index contributed by atoms with van der Waals surface area (Å²) in [4.78, 5) is 10.5. The zero-order chi connectivity index (χ0) is 9.07. The second-order valence-corrected chi connectivity index (χ2v) is 2.82. The number of ether oxygens (including phenoxy) is 1. The van der Waals surface area contributed by atoms with Crippen LogP contribution in [0.1, 0.15) is 13.8 Å². The van der Waals surface area contributed by atoms with Crippen LogP contribution < -0.4 is 0 Å². The van der Waals surface area contributed by atoms with E-state index in [9.17, 15) is 9.90 Å². The maximum atomic E-state index is 10.5. The summed E-state index contributed by atoms with van der Waals surface area (Å²) in [6.07, 6.45) is 0. The van der Waals surface area contributed by atoms with Crippen LogP contribution in [0, 0.1) is 5.92 Å². The van der Waals surface area contributed by atoms with E-state index < -0.39 is 11.6 Å². The Morgan fingerprint density at radius 3 is 2.18 bits per heavy atom. The lowest BCUT2D eigenvalue weighted by atomic mass is 9.91. The zero-order valence-corrected chi connectivity index (χ0v) is 7.00. The van der Waals surface area contributed by atoms with E-state index in [1.165, 1.54) is 7.11 Å². The van der Waals surface area contributed by atoms with Crippen molar-refractivity contribution >= 4 is 5.97 Å². The van der Waals surface area contributed by atoms with Gasteiger partial charge in [-0.05, 0) is 5.92 Å². The predicted octanol–water partition coefficient (Wildman–Crippen LogP) is 0.104. The first-order valence-electron chi connectivity index (χ1n) is 3.40. The molecule has 4 heteroatoms. The molecule has 0 aliphatic carbocycles. The Morgan fingerprint density at radius 1 is 1.64 bits per heavy atom. The lowest BCUT2D eigenvalue weighted by molar-refractivity contribution is -0.170. The van der Waals surface area contributed by atoms with Crippen LogP contribution in [0.4, 0.5) is 0 Å². The van der Waals surface area contributed by atoms with E-state index in [1.807, 2.05) is 0 Å². The van der Waals surface area contributed by atoms with E-state index in [-0.39, 0.29) is 12.5 Å². The molecule has 0 fully saturated rings. The number of hydrogen-bond donors (Lipinski definition) is 2. The fraction of sp³-hybridized carbons (Fsp3) is 0.857. The van der Waals surface area contributed by atoms with Crippen LogP contribution in [-0.4, -0.2) is 35.5 Å². The molecular formula is C7H14O4. The first-order chi connectivity index (χ1) is 4.95. The molecule has 0 aliphatic rings. The molecule has 2 N–H and O–H groups in total. The topological polar surface area (TPSA) is 66.8 Å². The normalized spacial score (nSPS) is 16.5. The van der Waals surface area contributed by atoms with E-state index in [2.05, 4.69) is 4.74 Å². The number of aliphatic carboxylic acids is 1. The fourth-order valence-electron chi connectivity index (χ4n) is 0.695. The average Bonchev–Trinajstić information content (AvgIpc) is 1.87. The molecule has 1 unspecified atom stereocenters. The number of hydrogen-bond acceptors (Lipinski definition) is 3. The van der Waals surface area contributed by atoms with Gasteiger partial charge in [-0.25, -0.2) is 4.79 Å². The summed E-state index contributed by atoms with van der Waals surface area (Å²) in [5.41, 5.74) is -1.76. The quantitative estimate of drug-likeness (QED) is 0.615. The first kappa shape index (κ1) is 10.4. The van der Waals surface area contributed by atoms with Crippen molar-refractivity contribution in [2.24, 2.45) is 5.92 Å². The van der Waals surface area contributed by atoms with Crippen molar-refractivity contribution in [3.63, 3.8) is 0 Å². The molecule has 0 aromatic rings. The van der Waals surface area contributed by atoms with Crippen LogP contribution >= 0.6 is 0 Å². The van der Waals surface area contributed by atoms with Gasteiger partial charge in [0.2, 0.25) is 0 Å². The van der Waals surface area contributed by atoms with Crippen molar-refractivity contribution in [1.29, 1.82) is 0 Å². The minimum Gasteiger partial charge on any atom is -0.479 e. The minimum absolute atomic E-state index is 0.181. The van der Waals surface area contributed by atoms with E-state index >= 15 is 0 Å². The molecule has 11 heavy (non-hydrogen) atoms. The Balaban J connectivity index is 4.38. The molecule has 0 heterocycles. The molecule has 0 aromatic heterocycles. The molecule has 4 nitrogen and oxygen atoms in total. The Morgan fingerprint density at radius 2 is 2.09 bits per heavy atom. The van der Waals surface area contributed by atoms with Crippen LogP contribution in [-0.2, 0) is 9.53 Å². The smallest absolute Gasteiger partial charge is 0.338 e. The lowest BCUT2D eigenvalue weighted by Crippen LogP contribution is -2.47. The maximum absolute atomic E-state index is 10.5. The first-order valence-corrected chi connectivity index (χ1v) is 3.40. The number of carboxylic acid groups (broad SMARTS) is 1. The van der Waals surface area contributed by atoms with E-state index in [0.717, 1.165) is 0 Å². The van der Waals surface area contributed by atoms with Gasteiger partial charge in [0.1, 0.15) is 0 Å². The summed E-state index contributed by atoms with van der Waals surface area (Å²) in [7, 11) is 1.36. The predicted molar refractivity (Wildman–Crippen MR) is 39.3 cm³/mol. The second kappa shape index (κ2) is 3.69. The monoisotopic (exact) mass is 162 g/mol. The second-order valence-electron chi connectivity index (χ2n) is 2.82. The molecule has 0 rings (SSSR count). The summed E-state index contributed by atoms with van der Waals surface area (Å²) in [6, 6.07) is 0. The summed E-state index contributed by atoms with van der Waals surface area (Å²) in [5, 5.41) is 18.0. The zero-order valence-electron chi connectivity index (χ0n) is 7.00. The van der Waals surface area contributed by atoms with E-state index in [1.54, 1.807) is 13.8 Å². The number of aliphatic hydroxyl groups is 1. The van der Waals surface area contributed by atoms with Gasteiger partial charge in [-0.1, -0.05) is 13.8 Å². The van der Waals surface area contributed by atoms with E-state index in [0.29, 0.717) is 0 Å². The van der Waals surface area contributed by atoms with E-state index in [4.69, 9.17) is 5.11 Å². The SMILES string of the molecule is COCC(O)(C(=O)O)C(C)C. The Labute approximate surface area is 65.8 Å². The molecule has 1 atom stereocenters. The van der Waals surface area contributed by atoms with Gasteiger partial charge in [-0.15, -0.1) is 0 Å². The number of carboxylic acids is 1. The van der Waals surface area contributed by atoms with Crippen molar-refractivity contribution in [1.82, 2.24) is 0 Å². The molecule has 0 amide bonds. The Bertz CT molecular complexity index is 143. The van der Waals surface area contributed by atoms with Crippen LogP contribution in [0.2, 0.25) is 0 Å². The van der Waals surface area contributed by atoms with Crippen molar-refractivity contribution < 1.29 is 19.7 Å². The highest BCUT2D eigenvalue weighted by Crippen LogP contribution is 2.17. The molecule has 0 saturated carbocycles. The molecule has 0 radical (unpaired) electrons. The third kappa shape index (κ3) is 2.17. The van der Waals surface area contributed by atoms with Crippen molar-refractivity contribution in [3.05, 3.63) is 0 Å². The standard InChI is InChI=1S/C7H14O4/c1-5(2)7(10,4-11-3)6(8)9/h5,10H,4H2,1-3H3,(H,8,9). The van der Waals surface area contributed by atoms with Crippen molar-refractivity contribution in [2.45, 2.75) is 19.4 Å². The van der Waals surface area contributed by atoms with Gasteiger partial charge in [-0.3, -0.25) is 0 Å². The highest BCUT2D eigenvalue weighted by Gasteiger charge is 2.39. The summed E-state index contributed by atoms with van der Waals surface area (Å²) in [5.74, 6) is -1.60. The molecule has 66 valence electrons. The third-order valence-corrected chi connectivity index (χ3v) is 1.69. The van der Waals surface area contributed by atoms with Gasteiger partial charge in [0.15, 0.2) is 5.60 Å². The van der Waals surface area contributed by atoms with Crippen LogP contribution in [0.5, 0.6) is 0 Å². The van der Waals surface area contributed by atoms with Crippen LogP contribution in [0.3, 0.4) is 0 Å². The van der Waals surface area contributed by atoms with Crippen molar-refractivity contribution in [2.75, 3.05) is 13.7 Å². The Kier molecular flexibility index (Phi) is 3.48. The van der Waals surface area contributed by atoms with Gasteiger partial charge in [0.25, 0.3) is 0 Å². The van der Waals surface area contributed by atoms with Crippen molar-refractivity contribution in [3.8, 4) is 0 Å². The molecular weight excluding hydrogens is 148 g/mol. The highest BCUT2D eigenvalue weighted by molar-refractivity contribution is 5.77. The summed E-state index contributed by atoms with van der Waals surface area (Å²) >= 11 is 0. The molecule has 0 bridgehead atoms. The van der Waals surface area contributed by atoms with Crippen LogP contribution in [0.15, 0.2) is 0 Å². The van der Waals surface area contributed by atoms with Gasteiger partial charge >= 0.3 is 5.97 Å². The summed E-state index contributed by atoms with van der Waals surface area (Å²) in [6.45, 7) is 3.08. The highest BCUT2D eigenvalue weighted by atomic mass is 16.5. The molecule has 0 saturated heterocycles. The van der Waals surface area contributed by atoms with Gasteiger partial charge < -0.3 is 14.9 Å². The van der Waals surface area contributed by atoms with Gasteiger partial charge in [-0.2, -0.15) is 0 Å². The molecule has 0 aliphatic heterocycles. The minimum atomic E-state index is -1.76. The number of rotatable bonds is 4. The average molecular weight is 162 g/mol. The maximum Gasteiger partial charge on any atom is 0.338 e. The van der Waals surface area contributed by atoms with Crippen LogP contribution in [0.25, 0.3) is 0 Å². The number of methoxy groups -OCH3 is 1. The third-order valence-electron chi connectivity index (χ3n) is 1.69.